The van der Waals surface area contributed by atoms with Gasteiger partial charge in [-0.2, -0.15) is 0 Å². The number of nitrogens with zero attached hydrogens (tertiary/aromatic N) is 2. The molecule has 2 N–H and O–H groups in total. The van der Waals surface area contributed by atoms with E-state index >= 15 is 0 Å². The number of carbonyl (C=O) groups excluding carboxylic acids is 2. The molecule has 3 saturated heterocycles. The Morgan fingerprint density at radius 1 is 1.27 bits per heavy atom. The van der Waals surface area contributed by atoms with Gasteiger partial charge in [0.15, 0.2) is 0 Å². The third kappa shape index (κ3) is 4.22. The monoisotopic (exact) mass is 480 g/mol. The lowest BCUT2D eigenvalue weighted by molar-refractivity contribution is -0.150. The summed E-state index contributed by atoms with van der Waals surface area (Å²) < 4.78 is -1.31. The number of hydrogen-bond donors (Lipinski definition) is 2. The first kappa shape index (κ1) is 26.1. The SMILES string of the molecule is C=CCN(C(=O)C1N(CCCO)C(=O)[C@@H]2[C@H](C(=O)O)[C@]3(C)CCC12S3)C(C)(C)CC(C)(C)C. The van der Waals surface area contributed by atoms with Crippen molar-refractivity contribution < 1.29 is 24.6 Å². The van der Waals surface area contributed by atoms with E-state index in [1.54, 1.807) is 22.7 Å². The largest absolute Gasteiger partial charge is 0.481 e. The van der Waals surface area contributed by atoms with Crippen LogP contribution in [-0.4, -0.2) is 78.6 Å². The molecular weight excluding hydrogens is 440 g/mol. The first-order chi connectivity index (χ1) is 15.1. The summed E-state index contributed by atoms with van der Waals surface area (Å²) in [6.45, 7) is 16.8. The van der Waals surface area contributed by atoms with Gasteiger partial charge in [-0.3, -0.25) is 14.4 Å². The third-order valence-corrected chi connectivity index (χ3v) is 9.59. The van der Waals surface area contributed by atoms with Gasteiger partial charge in [-0.25, -0.2) is 0 Å². The van der Waals surface area contributed by atoms with Crippen LogP contribution in [0.25, 0.3) is 0 Å². The highest BCUT2D eigenvalue weighted by atomic mass is 32.2. The van der Waals surface area contributed by atoms with Gasteiger partial charge in [-0.1, -0.05) is 26.8 Å². The van der Waals surface area contributed by atoms with Crippen LogP contribution in [-0.2, 0) is 14.4 Å². The lowest BCUT2D eigenvalue weighted by atomic mass is 9.66. The van der Waals surface area contributed by atoms with Gasteiger partial charge in [-0.15, -0.1) is 18.3 Å². The Bertz CT molecular complexity index is 837. The third-order valence-electron chi connectivity index (χ3n) is 7.61. The van der Waals surface area contributed by atoms with Crippen LogP contribution >= 0.6 is 11.8 Å². The quantitative estimate of drug-likeness (QED) is 0.492. The summed E-state index contributed by atoms with van der Waals surface area (Å²) in [5.41, 5.74) is -0.504. The Kier molecular flexibility index (Phi) is 6.79. The van der Waals surface area contributed by atoms with Crippen molar-refractivity contribution in [1.29, 1.82) is 0 Å². The van der Waals surface area contributed by atoms with Gasteiger partial charge in [0.2, 0.25) is 11.8 Å². The van der Waals surface area contributed by atoms with E-state index in [0.717, 1.165) is 6.42 Å². The van der Waals surface area contributed by atoms with Crippen molar-refractivity contribution >= 4 is 29.5 Å². The molecular formula is C25H40N2O5S. The summed E-state index contributed by atoms with van der Waals surface area (Å²) in [5.74, 6) is -2.88. The van der Waals surface area contributed by atoms with Crippen LogP contribution in [0.2, 0.25) is 0 Å². The Hall–Kier alpha value is -1.54. The average Bonchev–Trinajstić information content (AvgIpc) is 3.22. The number of amides is 2. The first-order valence-corrected chi connectivity index (χ1v) is 12.7. The standard InChI is InChI=1S/C25H40N2O5S/c1-8-12-27(23(5,6)15-22(2,3)4)20(30)18-25-11-10-24(7,33-25)17(21(31)32)16(25)19(29)26(18)13-9-14-28/h8,16-18,28H,1,9-15H2,2-7H3,(H,31,32)/t16-,17+,18?,24-,25?/m0/s1. The van der Waals surface area contributed by atoms with Crippen LogP contribution in [0, 0.1) is 17.3 Å². The molecule has 2 amide bonds. The number of hydrogen-bond acceptors (Lipinski definition) is 5. The van der Waals surface area contributed by atoms with Crippen molar-refractivity contribution in [3.63, 3.8) is 0 Å². The number of aliphatic hydroxyl groups is 1. The summed E-state index contributed by atoms with van der Waals surface area (Å²) in [4.78, 5) is 43.8. The molecule has 8 heteroatoms. The number of carboxylic acid groups (broad SMARTS) is 1. The van der Waals surface area contributed by atoms with E-state index in [1.165, 1.54) is 0 Å². The summed E-state index contributed by atoms with van der Waals surface area (Å²) in [5, 5.41) is 19.5. The molecule has 2 unspecified atom stereocenters. The zero-order valence-electron chi connectivity index (χ0n) is 20.9. The minimum atomic E-state index is -0.962. The van der Waals surface area contributed by atoms with E-state index in [9.17, 15) is 24.6 Å². The van der Waals surface area contributed by atoms with Crippen molar-refractivity contribution in [3.05, 3.63) is 12.7 Å². The van der Waals surface area contributed by atoms with E-state index in [0.29, 0.717) is 25.8 Å². The number of likely N-dealkylation sites (tertiary alicyclic amines) is 1. The van der Waals surface area contributed by atoms with E-state index in [1.807, 2.05) is 25.7 Å². The van der Waals surface area contributed by atoms with Crippen LogP contribution in [0.15, 0.2) is 12.7 Å². The van der Waals surface area contributed by atoms with Crippen LogP contribution in [0.4, 0.5) is 0 Å². The molecule has 0 radical (unpaired) electrons. The molecule has 0 aromatic rings. The average molecular weight is 481 g/mol. The number of aliphatic hydroxyl groups excluding tert-OH is 1. The fraction of sp³-hybridized carbons (Fsp3) is 0.800. The van der Waals surface area contributed by atoms with Gasteiger partial charge in [-0.05, 0) is 51.9 Å². The van der Waals surface area contributed by atoms with Crippen LogP contribution in [0.5, 0.6) is 0 Å². The van der Waals surface area contributed by atoms with Gasteiger partial charge < -0.3 is 20.0 Å². The highest BCUT2D eigenvalue weighted by molar-refractivity contribution is 8.02. The van der Waals surface area contributed by atoms with Crippen molar-refractivity contribution in [2.45, 2.75) is 88.3 Å². The molecule has 3 heterocycles. The molecule has 1 spiro atoms. The van der Waals surface area contributed by atoms with E-state index < -0.39 is 38.9 Å². The topological polar surface area (TPSA) is 98.2 Å². The highest BCUT2D eigenvalue weighted by Crippen LogP contribution is 2.71. The number of rotatable bonds is 9. The Morgan fingerprint density at radius 3 is 2.42 bits per heavy atom. The maximum Gasteiger partial charge on any atom is 0.308 e. The molecule has 3 fully saturated rings. The Labute approximate surface area is 202 Å². The van der Waals surface area contributed by atoms with Crippen molar-refractivity contribution in [3.8, 4) is 0 Å². The fourth-order valence-electron chi connectivity index (χ4n) is 6.87. The van der Waals surface area contributed by atoms with Crippen LogP contribution in [0.1, 0.15) is 67.2 Å². The van der Waals surface area contributed by atoms with Crippen molar-refractivity contribution in [1.82, 2.24) is 9.80 Å². The molecule has 0 aromatic carbocycles. The van der Waals surface area contributed by atoms with E-state index in [4.69, 9.17) is 0 Å². The first-order valence-electron chi connectivity index (χ1n) is 11.9. The molecule has 3 aliphatic rings. The number of carbonyl (C=O) groups is 3. The minimum absolute atomic E-state index is 0.0193. The van der Waals surface area contributed by atoms with Crippen molar-refractivity contribution in [2.75, 3.05) is 19.7 Å². The van der Waals surface area contributed by atoms with Crippen molar-refractivity contribution in [2.24, 2.45) is 17.3 Å². The fourth-order valence-corrected chi connectivity index (χ4v) is 9.21. The van der Waals surface area contributed by atoms with Gasteiger partial charge in [0.1, 0.15) is 6.04 Å². The normalized spacial score (nSPS) is 33.4. The predicted molar refractivity (Wildman–Crippen MR) is 130 cm³/mol. The van der Waals surface area contributed by atoms with Gasteiger partial charge in [0.05, 0.1) is 16.6 Å². The van der Waals surface area contributed by atoms with Gasteiger partial charge in [0.25, 0.3) is 0 Å². The molecule has 2 bridgehead atoms. The maximum atomic E-state index is 14.4. The van der Waals surface area contributed by atoms with Gasteiger partial charge >= 0.3 is 5.97 Å². The molecule has 7 nitrogen and oxygen atoms in total. The second-order valence-electron chi connectivity index (χ2n) is 12.0. The summed E-state index contributed by atoms with van der Waals surface area (Å²) in [7, 11) is 0. The second-order valence-corrected chi connectivity index (χ2v) is 13.9. The Morgan fingerprint density at radius 2 is 1.91 bits per heavy atom. The molecule has 3 aliphatic heterocycles. The molecule has 5 atom stereocenters. The number of aliphatic carboxylic acids is 1. The molecule has 0 aromatic heterocycles. The van der Waals surface area contributed by atoms with E-state index in [2.05, 4.69) is 27.4 Å². The molecule has 186 valence electrons. The molecule has 3 rings (SSSR count). The summed E-state index contributed by atoms with van der Waals surface area (Å²) in [6.07, 6.45) is 4.14. The lowest BCUT2D eigenvalue weighted by Gasteiger charge is -2.46. The zero-order valence-corrected chi connectivity index (χ0v) is 21.7. The maximum absolute atomic E-state index is 14.4. The van der Waals surface area contributed by atoms with Crippen LogP contribution in [0.3, 0.4) is 0 Å². The van der Waals surface area contributed by atoms with Gasteiger partial charge in [0, 0.05) is 30.0 Å². The lowest BCUT2D eigenvalue weighted by Crippen LogP contribution is -2.60. The smallest absolute Gasteiger partial charge is 0.308 e. The number of carboxylic acids is 1. The molecule has 0 aliphatic carbocycles. The summed E-state index contributed by atoms with van der Waals surface area (Å²) >= 11 is 1.55. The predicted octanol–water partition coefficient (Wildman–Crippen LogP) is 3.16. The zero-order chi connectivity index (χ0) is 25.0. The van der Waals surface area contributed by atoms with Crippen LogP contribution < -0.4 is 0 Å². The molecule has 33 heavy (non-hydrogen) atoms. The Balaban J connectivity index is 2.09. The molecule has 0 saturated carbocycles. The second kappa shape index (κ2) is 8.59. The number of fused-ring (bicyclic) bond motifs is 1. The van der Waals surface area contributed by atoms with E-state index in [-0.39, 0.29) is 30.4 Å². The minimum Gasteiger partial charge on any atom is -0.481 e. The highest BCUT2D eigenvalue weighted by Gasteiger charge is 2.77. The number of thioether (sulfide) groups is 1. The summed E-state index contributed by atoms with van der Waals surface area (Å²) in [6, 6.07) is -0.739.